The fourth-order valence-corrected chi connectivity index (χ4v) is 3.10. The Bertz CT molecular complexity index is 913. The number of nitrogens with one attached hydrogen (secondary N) is 1. The average molecular weight is 392 g/mol. The topological polar surface area (TPSA) is 84.9 Å². The SMILES string of the molecule is COc1cc(C(=O)N[C@H](C)c2ccccc2)c(N(C)S(C)(=O)=O)cc1OC. The van der Waals surface area contributed by atoms with Crippen molar-refractivity contribution < 1.29 is 22.7 Å². The van der Waals surface area contributed by atoms with Gasteiger partial charge in [-0.15, -0.1) is 0 Å². The number of benzene rings is 2. The molecule has 2 aromatic carbocycles. The van der Waals surface area contributed by atoms with E-state index in [9.17, 15) is 13.2 Å². The molecular formula is C19H24N2O5S. The first-order chi connectivity index (χ1) is 12.7. The maximum atomic E-state index is 12.9. The molecule has 0 fully saturated rings. The van der Waals surface area contributed by atoms with Crippen LogP contribution in [0.3, 0.4) is 0 Å². The van der Waals surface area contributed by atoms with Gasteiger partial charge < -0.3 is 14.8 Å². The number of nitrogens with zero attached hydrogens (tertiary/aromatic N) is 1. The number of anilines is 1. The molecule has 0 aliphatic rings. The highest BCUT2D eigenvalue weighted by atomic mass is 32.2. The van der Waals surface area contributed by atoms with Gasteiger partial charge in [0.15, 0.2) is 11.5 Å². The van der Waals surface area contributed by atoms with Gasteiger partial charge >= 0.3 is 0 Å². The number of amides is 1. The van der Waals surface area contributed by atoms with Crippen molar-refractivity contribution >= 4 is 21.6 Å². The van der Waals surface area contributed by atoms with Crippen molar-refractivity contribution in [2.45, 2.75) is 13.0 Å². The van der Waals surface area contributed by atoms with Gasteiger partial charge in [0.2, 0.25) is 10.0 Å². The van der Waals surface area contributed by atoms with Gasteiger partial charge in [-0.25, -0.2) is 8.42 Å². The minimum atomic E-state index is -3.58. The Morgan fingerprint density at radius 1 is 1.07 bits per heavy atom. The average Bonchev–Trinajstić information content (AvgIpc) is 2.66. The fourth-order valence-electron chi connectivity index (χ4n) is 2.59. The van der Waals surface area contributed by atoms with Crippen molar-refractivity contribution in [3.8, 4) is 11.5 Å². The second-order valence-electron chi connectivity index (χ2n) is 6.06. The Labute approximate surface area is 160 Å². The largest absolute Gasteiger partial charge is 0.493 e. The van der Waals surface area contributed by atoms with Crippen molar-refractivity contribution in [2.24, 2.45) is 0 Å². The molecule has 0 radical (unpaired) electrons. The van der Waals surface area contributed by atoms with Crippen molar-refractivity contribution in [2.75, 3.05) is 31.8 Å². The van der Waals surface area contributed by atoms with Crippen molar-refractivity contribution in [1.82, 2.24) is 5.32 Å². The van der Waals surface area contributed by atoms with E-state index in [1.54, 1.807) is 0 Å². The molecule has 0 saturated heterocycles. The minimum absolute atomic E-state index is 0.170. The summed E-state index contributed by atoms with van der Waals surface area (Å²) in [5.74, 6) is 0.245. The van der Waals surface area contributed by atoms with Crippen LogP contribution in [-0.2, 0) is 10.0 Å². The molecule has 8 heteroatoms. The molecule has 0 saturated carbocycles. The molecule has 7 nitrogen and oxygen atoms in total. The van der Waals surface area contributed by atoms with E-state index in [0.717, 1.165) is 16.1 Å². The summed E-state index contributed by atoms with van der Waals surface area (Å²) in [5.41, 5.74) is 1.31. The molecule has 0 aliphatic heterocycles. The van der Waals surface area contributed by atoms with Gasteiger partial charge in [-0.1, -0.05) is 30.3 Å². The van der Waals surface area contributed by atoms with E-state index in [1.165, 1.54) is 33.4 Å². The Kier molecular flexibility index (Phi) is 6.32. The highest BCUT2D eigenvalue weighted by Crippen LogP contribution is 2.35. The Balaban J connectivity index is 2.48. The minimum Gasteiger partial charge on any atom is -0.493 e. The molecule has 0 aromatic heterocycles. The molecule has 0 aliphatic carbocycles. The van der Waals surface area contributed by atoms with E-state index < -0.39 is 15.9 Å². The van der Waals surface area contributed by atoms with Gasteiger partial charge in [0.05, 0.1) is 37.8 Å². The molecule has 1 amide bonds. The lowest BCUT2D eigenvalue weighted by Crippen LogP contribution is -2.31. The molecule has 1 atom stereocenters. The van der Waals surface area contributed by atoms with Crippen LogP contribution in [0.1, 0.15) is 28.9 Å². The number of carbonyl (C=O) groups is 1. The number of carbonyl (C=O) groups excluding carboxylic acids is 1. The first-order valence-electron chi connectivity index (χ1n) is 8.24. The fraction of sp³-hybridized carbons (Fsp3) is 0.316. The van der Waals surface area contributed by atoms with Crippen LogP contribution in [0.5, 0.6) is 11.5 Å². The van der Waals surface area contributed by atoms with E-state index in [2.05, 4.69) is 5.32 Å². The number of rotatable bonds is 7. The Hall–Kier alpha value is -2.74. The predicted octanol–water partition coefficient (Wildman–Crippen LogP) is 2.59. The quantitative estimate of drug-likeness (QED) is 0.783. The second-order valence-corrected chi connectivity index (χ2v) is 8.07. The molecule has 0 spiro atoms. The highest BCUT2D eigenvalue weighted by Gasteiger charge is 2.24. The smallest absolute Gasteiger partial charge is 0.254 e. The molecule has 1 N–H and O–H groups in total. The van der Waals surface area contributed by atoms with E-state index in [4.69, 9.17) is 9.47 Å². The van der Waals surface area contributed by atoms with Crippen molar-refractivity contribution in [3.05, 3.63) is 53.6 Å². The van der Waals surface area contributed by atoms with Crippen LogP contribution in [0.4, 0.5) is 5.69 Å². The summed E-state index contributed by atoms with van der Waals surface area (Å²) in [7, 11) is 0.697. The summed E-state index contributed by atoms with van der Waals surface area (Å²) >= 11 is 0. The van der Waals surface area contributed by atoms with Gasteiger partial charge in [-0.3, -0.25) is 9.10 Å². The Morgan fingerprint density at radius 3 is 2.15 bits per heavy atom. The maximum absolute atomic E-state index is 12.9. The molecule has 146 valence electrons. The lowest BCUT2D eigenvalue weighted by atomic mass is 10.1. The van der Waals surface area contributed by atoms with E-state index in [1.807, 2.05) is 37.3 Å². The van der Waals surface area contributed by atoms with Crippen LogP contribution >= 0.6 is 0 Å². The number of hydrogen-bond donors (Lipinski definition) is 1. The highest BCUT2D eigenvalue weighted by molar-refractivity contribution is 7.92. The summed E-state index contributed by atoms with van der Waals surface area (Å²) in [4.78, 5) is 12.9. The van der Waals surface area contributed by atoms with Crippen LogP contribution in [0, 0.1) is 0 Å². The van der Waals surface area contributed by atoms with Crippen LogP contribution in [-0.4, -0.2) is 41.8 Å². The zero-order chi connectivity index (χ0) is 20.2. The van der Waals surface area contributed by atoms with Crippen LogP contribution in [0.15, 0.2) is 42.5 Å². The zero-order valence-corrected chi connectivity index (χ0v) is 16.8. The van der Waals surface area contributed by atoms with Gasteiger partial charge in [0.1, 0.15) is 0 Å². The second kappa shape index (κ2) is 8.30. The standard InChI is InChI=1S/C19H24N2O5S/c1-13(14-9-7-6-8-10-14)20-19(22)15-11-17(25-3)18(26-4)12-16(15)21(2)27(5,23)24/h6-13H,1-5H3,(H,20,22)/t13-/m1/s1. The normalized spacial score (nSPS) is 12.2. The summed E-state index contributed by atoms with van der Waals surface area (Å²) in [5, 5.41) is 2.89. The zero-order valence-electron chi connectivity index (χ0n) is 16.0. The Morgan fingerprint density at radius 2 is 1.63 bits per heavy atom. The molecule has 0 heterocycles. The number of methoxy groups -OCH3 is 2. The molecule has 2 aromatic rings. The van der Waals surface area contributed by atoms with Crippen molar-refractivity contribution in [1.29, 1.82) is 0 Å². The molecule has 0 unspecified atom stereocenters. The van der Waals surface area contributed by atoms with Gasteiger partial charge in [-0.05, 0) is 18.6 Å². The monoisotopic (exact) mass is 392 g/mol. The number of sulfonamides is 1. The first-order valence-corrected chi connectivity index (χ1v) is 10.1. The van der Waals surface area contributed by atoms with E-state index in [-0.39, 0.29) is 17.3 Å². The predicted molar refractivity (Wildman–Crippen MR) is 105 cm³/mol. The van der Waals surface area contributed by atoms with E-state index in [0.29, 0.717) is 11.5 Å². The van der Waals surface area contributed by atoms with Crippen LogP contribution in [0.25, 0.3) is 0 Å². The molecular weight excluding hydrogens is 368 g/mol. The van der Waals surface area contributed by atoms with E-state index >= 15 is 0 Å². The lowest BCUT2D eigenvalue weighted by Gasteiger charge is -2.23. The van der Waals surface area contributed by atoms with Gasteiger partial charge in [0.25, 0.3) is 5.91 Å². The maximum Gasteiger partial charge on any atom is 0.254 e. The molecule has 2 rings (SSSR count). The van der Waals surface area contributed by atoms with Gasteiger partial charge in [0, 0.05) is 13.1 Å². The third kappa shape index (κ3) is 4.71. The summed E-state index contributed by atoms with van der Waals surface area (Å²) in [6, 6.07) is 12.2. The third-order valence-corrected chi connectivity index (χ3v) is 5.42. The van der Waals surface area contributed by atoms with Crippen LogP contribution < -0.4 is 19.1 Å². The summed E-state index contributed by atoms with van der Waals surface area (Å²) in [6.07, 6.45) is 1.07. The molecule has 0 bridgehead atoms. The number of hydrogen-bond acceptors (Lipinski definition) is 5. The first kappa shape index (κ1) is 20.6. The molecule has 27 heavy (non-hydrogen) atoms. The van der Waals surface area contributed by atoms with Crippen molar-refractivity contribution in [3.63, 3.8) is 0 Å². The lowest BCUT2D eigenvalue weighted by molar-refractivity contribution is 0.0940. The summed E-state index contributed by atoms with van der Waals surface area (Å²) in [6.45, 7) is 1.86. The van der Waals surface area contributed by atoms with Gasteiger partial charge in [-0.2, -0.15) is 0 Å². The summed E-state index contributed by atoms with van der Waals surface area (Å²) < 4.78 is 35.6. The van der Waals surface area contributed by atoms with Crippen LogP contribution in [0.2, 0.25) is 0 Å². The third-order valence-electron chi connectivity index (χ3n) is 4.23. The number of ether oxygens (including phenoxy) is 2.